The fourth-order valence-corrected chi connectivity index (χ4v) is 3.54. The lowest BCUT2D eigenvalue weighted by atomic mass is 10.1. The van der Waals surface area contributed by atoms with E-state index in [2.05, 4.69) is 26.4 Å². The summed E-state index contributed by atoms with van der Waals surface area (Å²) in [6.45, 7) is 1.92. The monoisotopic (exact) mass is 394 g/mol. The number of amides is 1. The number of benzene rings is 1. The van der Waals surface area contributed by atoms with Crippen LogP contribution >= 0.6 is 27.3 Å². The van der Waals surface area contributed by atoms with Gasteiger partial charge < -0.3 is 9.84 Å². The Kier molecular flexibility index (Phi) is 4.58. The Morgan fingerprint density at radius 3 is 2.91 bits per heavy atom. The average molecular weight is 395 g/mol. The molecule has 1 amide bonds. The van der Waals surface area contributed by atoms with Gasteiger partial charge in [0.15, 0.2) is 0 Å². The molecule has 7 heteroatoms. The molecule has 2 heterocycles. The largest absolute Gasteiger partial charge is 0.360 e. The standard InChI is InChI=1S/C16H12BrFN2O2S/c1-9-14(15(20-22-9)12-5-6-13(17)23-12)16(21)19-8-10-3-2-4-11(18)7-10/h2-7H,8H2,1H3,(H,19,21). The Hall–Kier alpha value is -1.99. The molecular formula is C16H12BrFN2O2S. The van der Waals surface area contributed by atoms with Crippen molar-refractivity contribution >= 4 is 33.2 Å². The van der Waals surface area contributed by atoms with Crippen LogP contribution in [-0.4, -0.2) is 11.1 Å². The van der Waals surface area contributed by atoms with Crippen LogP contribution in [-0.2, 0) is 6.54 Å². The summed E-state index contributed by atoms with van der Waals surface area (Å²) in [5.41, 5.74) is 1.60. The van der Waals surface area contributed by atoms with Gasteiger partial charge in [-0.05, 0) is 52.7 Å². The summed E-state index contributed by atoms with van der Waals surface area (Å²) in [5, 5.41) is 6.76. The Balaban J connectivity index is 1.81. The molecule has 0 unspecified atom stereocenters. The number of nitrogens with zero attached hydrogens (tertiary/aromatic N) is 1. The van der Waals surface area contributed by atoms with Gasteiger partial charge >= 0.3 is 0 Å². The predicted molar refractivity (Wildman–Crippen MR) is 89.8 cm³/mol. The molecule has 3 rings (SSSR count). The number of rotatable bonds is 4. The molecule has 0 saturated carbocycles. The van der Waals surface area contributed by atoms with E-state index in [0.717, 1.165) is 8.66 Å². The van der Waals surface area contributed by atoms with Gasteiger partial charge in [0.05, 0.1) is 8.66 Å². The molecule has 0 bridgehead atoms. The molecule has 0 atom stereocenters. The van der Waals surface area contributed by atoms with E-state index in [1.165, 1.54) is 23.5 Å². The second kappa shape index (κ2) is 6.64. The third kappa shape index (κ3) is 3.51. The van der Waals surface area contributed by atoms with Gasteiger partial charge in [-0.1, -0.05) is 17.3 Å². The van der Waals surface area contributed by atoms with Crippen molar-refractivity contribution in [3.8, 4) is 10.6 Å². The van der Waals surface area contributed by atoms with Crippen molar-refractivity contribution < 1.29 is 13.7 Å². The highest BCUT2D eigenvalue weighted by Crippen LogP contribution is 2.33. The second-order valence-corrected chi connectivity index (χ2v) is 7.34. The molecule has 0 aliphatic carbocycles. The van der Waals surface area contributed by atoms with Crippen molar-refractivity contribution in [3.63, 3.8) is 0 Å². The Morgan fingerprint density at radius 1 is 1.39 bits per heavy atom. The molecule has 118 valence electrons. The third-order valence-electron chi connectivity index (χ3n) is 3.24. The van der Waals surface area contributed by atoms with Crippen LogP contribution in [0.4, 0.5) is 4.39 Å². The summed E-state index contributed by atoms with van der Waals surface area (Å²) >= 11 is 4.86. The number of nitrogens with one attached hydrogen (secondary N) is 1. The molecule has 0 radical (unpaired) electrons. The third-order valence-corrected chi connectivity index (χ3v) is 4.87. The second-order valence-electron chi connectivity index (χ2n) is 4.88. The summed E-state index contributed by atoms with van der Waals surface area (Å²) < 4.78 is 19.3. The zero-order chi connectivity index (χ0) is 16.4. The highest BCUT2D eigenvalue weighted by Gasteiger charge is 2.22. The van der Waals surface area contributed by atoms with Crippen molar-refractivity contribution in [1.82, 2.24) is 10.5 Å². The molecule has 0 spiro atoms. The van der Waals surface area contributed by atoms with E-state index in [1.54, 1.807) is 19.1 Å². The number of thiophene rings is 1. The van der Waals surface area contributed by atoms with Crippen LogP contribution < -0.4 is 5.32 Å². The Bertz CT molecular complexity index is 859. The first-order valence-corrected chi connectivity index (χ1v) is 8.40. The first-order valence-electron chi connectivity index (χ1n) is 6.79. The van der Waals surface area contributed by atoms with Crippen LogP contribution in [0.5, 0.6) is 0 Å². The van der Waals surface area contributed by atoms with Crippen molar-refractivity contribution in [2.75, 3.05) is 0 Å². The maximum Gasteiger partial charge on any atom is 0.257 e. The van der Waals surface area contributed by atoms with Gasteiger partial charge in [0, 0.05) is 6.54 Å². The summed E-state index contributed by atoms with van der Waals surface area (Å²) in [7, 11) is 0. The quantitative estimate of drug-likeness (QED) is 0.706. The van der Waals surface area contributed by atoms with E-state index in [-0.39, 0.29) is 18.3 Å². The van der Waals surface area contributed by atoms with Crippen LogP contribution in [0.15, 0.2) is 44.7 Å². The topological polar surface area (TPSA) is 55.1 Å². The van der Waals surface area contributed by atoms with Gasteiger partial charge in [0.2, 0.25) is 0 Å². The normalized spacial score (nSPS) is 10.7. The van der Waals surface area contributed by atoms with Crippen LogP contribution in [0.1, 0.15) is 21.7 Å². The minimum absolute atomic E-state index is 0.231. The number of hydrogen-bond donors (Lipinski definition) is 1. The molecule has 0 aliphatic heterocycles. The smallest absolute Gasteiger partial charge is 0.257 e. The molecule has 1 N–H and O–H groups in total. The maximum absolute atomic E-state index is 13.2. The zero-order valence-corrected chi connectivity index (χ0v) is 14.5. The lowest BCUT2D eigenvalue weighted by Gasteiger charge is -2.05. The minimum Gasteiger partial charge on any atom is -0.360 e. The molecule has 1 aromatic carbocycles. The van der Waals surface area contributed by atoms with E-state index in [9.17, 15) is 9.18 Å². The first-order chi connectivity index (χ1) is 11.0. The van der Waals surface area contributed by atoms with Crippen molar-refractivity contribution in [2.24, 2.45) is 0 Å². The van der Waals surface area contributed by atoms with Gasteiger partial charge in [-0.15, -0.1) is 11.3 Å². The minimum atomic E-state index is -0.331. The SMILES string of the molecule is Cc1onc(-c2ccc(Br)s2)c1C(=O)NCc1cccc(F)c1. The zero-order valence-electron chi connectivity index (χ0n) is 12.1. The lowest BCUT2D eigenvalue weighted by molar-refractivity contribution is 0.0950. The molecular weight excluding hydrogens is 383 g/mol. The molecule has 0 fully saturated rings. The maximum atomic E-state index is 13.2. The van der Waals surface area contributed by atoms with Crippen molar-refractivity contribution in [1.29, 1.82) is 0 Å². The Labute approximate surface area is 144 Å². The summed E-state index contributed by atoms with van der Waals surface area (Å²) in [6.07, 6.45) is 0. The van der Waals surface area contributed by atoms with Crippen molar-refractivity contribution in [2.45, 2.75) is 13.5 Å². The van der Waals surface area contributed by atoms with Crippen LogP contribution in [0.3, 0.4) is 0 Å². The van der Waals surface area contributed by atoms with Gasteiger partial charge in [0.25, 0.3) is 5.91 Å². The molecule has 2 aromatic heterocycles. The molecule has 0 aliphatic rings. The fraction of sp³-hybridized carbons (Fsp3) is 0.125. The van der Waals surface area contributed by atoms with Crippen LogP contribution in [0.2, 0.25) is 0 Å². The molecule has 4 nitrogen and oxygen atoms in total. The highest BCUT2D eigenvalue weighted by atomic mass is 79.9. The van der Waals surface area contributed by atoms with Crippen molar-refractivity contribution in [3.05, 3.63) is 62.9 Å². The summed E-state index contributed by atoms with van der Waals surface area (Å²) in [4.78, 5) is 13.3. The number of carbonyl (C=O) groups is 1. The van der Waals surface area contributed by atoms with Crippen LogP contribution in [0, 0.1) is 12.7 Å². The van der Waals surface area contributed by atoms with Gasteiger partial charge in [0.1, 0.15) is 22.8 Å². The number of halogens is 2. The Morgan fingerprint density at radius 2 is 2.22 bits per heavy atom. The molecule has 0 saturated heterocycles. The van der Waals surface area contributed by atoms with E-state index in [1.807, 2.05) is 12.1 Å². The van der Waals surface area contributed by atoms with E-state index in [4.69, 9.17) is 4.52 Å². The average Bonchev–Trinajstić information content (AvgIpc) is 3.11. The van der Waals surface area contributed by atoms with E-state index >= 15 is 0 Å². The van der Waals surface area contributed by atoms with Gasteiger partial charge in [-0.25, -0.2) is 4.39 Å². The fourth-order valence-electron chi connectivity index (χ4n) is 2.17. The first kappa shape index (κ1) is 15.9. The van der Waals surface area contributed by atoms with Crippen LogP contribution in [0.25, 0.3) is 10.6 Å². The van der Waals surface area contributed by atoms with E-state index < -0.39 is 0 Å². The van der Waals surface area contributed by atoms with Gasteiger partial charge in [-0.3, -0.25) is 4.79 Å². The summed E-state index contributed by atoms with van der Waals surface area (Å²) in [5.74, 6) is -0.184. The number of aryl methyl sites for hydroxylation is 1. The number of hydrogen-bond acceptors (Lipinski definition) is 4. The molecule has 23 heavy (non-hydrogen) atoms. The van der Waals surface area contributed by atoms with Gasteiger partial charge in [-0.2, -0.15) is 0 Å². The number of carbonyl (C=O) groups excluding carboxylic acids is 1. The number of aromatic nitrogens is 1. The molecule has 3 aromatic rings. The predicted octanol–water partition coefficient (Wildman–Crippen LogP) is 4.54. The lowest BCUT2D eigenvalue weighted by Crippen LogP contribution is -2.23. The highest BCUT2D eigenvalue weighted by molar-refractivity contribution is 9.11. The van der Waals surface area contributed by atoms with E-state index in [0.29, 0.717) is 22.6 Å². The summed E-state index contributed by atoms with van der Waals surface area (Å²) in [6, 6.07) is 9.87.